The van der Waals surface area contributed by atoms with Crippen molar-refractivity contribution in [3.63, 3.8) is 0 Å². The van der Waals surface area contributed by atoms with E-state index < -0.39 is 0 Å². The van der Waals surface area contributed by atoms with Gasteiger partial charge < -0.3 is 20.3 Å². The van der Waals surface area contributed by atoms with E-state index in [2.05, 4.69) is 33.1 Å². The maximum absolute atomic E-state index is 13.6. The normalized spacial score (nSPS) is 46.1. The smallest absolute Gasteiger partial charge is 0.226 e. The fraction of sp³-hybridized carbons (Fsp3) is 0.960. The summed E-state index contributed by atoms with van der Waals surface area (Å²) in [5.74, 6) is 0.708. The number of methoxy groups -OCH3 is 1. The summed E-state index contributed by atoms with van der Waals surface area (Å²) in [4.78, 5) is 16.3. The maximum atomic E-state index is 13.6. The highest BCUT2D eigenvalue weighted by molar-refractivity contribution is 8.00. The molecule has 10 unspecified atom stereocenters. The van der Waals surface area contributed by atoms with Crippen LogP contribution in [-0.4, -0.2) is 84.6 Å². The van der Waals surface area contributed by atoms with Crippen LogP contribution in [0.15, 0.2) is 0 Å². The lowest BCUT2D eigenvalue weighted by molar-refractivity contribution is -0.130. The first-order valence-corrected chi connectivity index (χ1v) is 15.0. The predicted molar refractivity (Wildman–Crippen MR) is 139 cm³/mol. The number of amides is 1. The lowest BCUT2D eigenvalue weighted by Crippen LogP contribution is -2.57. The Balaban J connectivity index is 1.19. The summed E-state index contributed by atoms with van der Waals surface area (Å²) in [7, 11) is 1.78. The van der Waals surface area contributed by atoms with Gasteiger partial charge in [-0.1, -0.05) is 6.42 Å². The minimum Gasteiger partial charge on any atom is -0.380 e. The first-order valence-electron chi connectivity index (χ1n) is 13.6. The topological polar surface area (TPSA) is 77.7 Å². The van der Waals surface area contributed by atoms with E-state index in [-0.39, 0.29) is 34.8 Å². The van der Waals surface area contributed by atoms with Crippen LogP contribution in [0.4, 0.5) is 0 Å². The van der Waals surface area contributed by atoms with Gasteiger partial charge in [-0.25, -0.2) is 0 Å². The molecule has 0 aromatic rings. The molecule has 0 bridgehead atoms. The van der Waals surface area contributed by atoms with Crippen molar-refractivity contribution in [2.24, 2.45) is 17.8 Å². The van der Waals surface area contributed by atoms with E-state index in [1.165, 1.54) is 51.6 Å². The molecule has 0 aromatic carbocycles. The summed E-state index contributed by atoms with van der Waals surface area (Å²) >= 11 is 8.44. The molecule has 10 atom stereocenters. The second kappa shape index (κ2) is 11.5. The fourth-order valence-corrected chi connectivity index (χ4v) is 9.08. The van der Waals surface area contributed by atoms with Crippen LogP contribution in [0.2, 0.25) is 0 Å². The van der Waals surface area contributed by atoms with Crippen molar-refractivity contribution in [2.75, 3.05) is 33.3 Å². The van der Waals surface area contributed by atoms with Crippen molar-refractivity contribution >= 4 is 29.3 Å². The highest BCUT2D eigenvalue weighted by atomic mass is 35.5. The SMILES string of the molecule is COC1CNC(Cl)CC1C1CC(C)NCC1C(=O)NC1NC2CCC(N3CCCCC3)CC2S1. The highest BCUT2D eigenvalue weighted by Gasteiger charge is 2.46. The molecule has 1 aliphatic carbocycles. The summed E-state index contributed by atoms with van der Waals surface area (Å²) in [6, 6.07) is 1.66. The number of carbonyl (C=O) groups is 1. The number of piperidine rings is 3. The van der Waals surface area contributed by atoms with Gasteiger partial charge in [0.05, 0.1) is 17.5 Å². The molecule has 194 valence electrons. The Bertz CT molecular complexity index is 698. The molecule has 1 amide bonds. The minimum absolute atomic E-state index is 0.0228. The molecule has 9 heteroatoms. The number of ether oxygens (including phenoxy) is 1. The van der Waals surface area contributed by atoms with E-state index in [0.717, 1.165) is 32.0 Å². The second-order valence-corrected chi connectivity index (χ2v) is 13.1. The van der Waals surface area contributed by atoms with Gasteiger partial charge in [0.25, 0.3) is 0 Å². The Morgan fingerprint density at radius 3 is 2.68 bits per heavy atom. The van der Waals surface area contributed by atoms with Crippen LogP contribution >= 0.6 is 23.4 Å². The lowest BCUT2D eigenvalue weighted by Gasteiger charge is -2.45. The van der Waals surface area contributed by atoms with Crippen LogP contribution in [0.1, 0.15) is 58.3 Å². The number of nitrogens with zero attached hydrogens (tertiary/aromatic N) is 1. The molecule has 34 heavy (non-hydrogen) atoms. The Morgan fingerprint density at radius 2 is 1.88 bits per heavy atom. The molecule has 7 nitrogen and oxygen atoms in total. The number of thioether (sulfide) groups is 1. The maximum Gasteiger partial charge on any atom is 0.226 e. The second-order valence-electron chi connectivity index (χ2n) is 11.3. The third kappa shape index (κ3) is 5.74. The van der Waals surface area contributed by atoms with E-state index in [0.29, 0.717) is 23.3 Å². The number of nitrogens with one attached hydrogen (secondary N) is 4. The number of hydrogen-bond acceptors (Lipinski definition) is 7. The number of likely N-dealkylation sites (tertiary alicyclic amines) is 1. The van der Waals surface area contributed by atoms with Crippen molar-refractivity contribution in [2.45, 2.75) is 98.8 Å². The first-order chi connectivity index (χ1) is 16.5. The van der Waals surface area contributed by atoms with E-state index in [1.54, 1.807) is 7.11 Å². The van der Waals surface area contributed by atoms with E-state index in [9.17, 15) is 4.79 Å². The van der Waals surface area contributed by atoms with Crippen LogP contribution in [0.5, 0.6) is 0 Å². The van der Waals surface area contributed by atoms with Crippen LogP contribution < -0.4 is 21.3 Å². The molecular formula is C25H44ClN5O2S. The lowest BCUT2D eigenvalue weighted by atomic mass is 9.70. The first kappa shape index (κ1) is 25.6. The number of fused-ring (bicyclic) bond motifs is 1. The van der Waals surface area contributed by atoms with E-state index in [1.807, 2.05) is 11.8 Å². The molecule has 4 aliphatic heterocycles. The number of alkyl halides is 1. The molecule has 4 saturated heterocycles. The number of halogens is 1. The van der Waals surface area contributed by atoms with Crippen LogP contribution in [-0.2, 0) is 9.53 Å². The van der Waals surface area contributed by atoms with Crippen molar-refractivity contribution in [1.29, 1.82) is 0 Å². The summed E-state index contributed by atoms with van der Waals surface area (Å²) in [6.45, 7) is 6.25. The van der Waals surface area contributed by atoms with Crippen molar-refractivity contribution in [3.8, 4) is 0 Å². The Labute approximate surface area is 214 Å². The molecule has 0 spiro atoms. The molecule has 4 heterocycles. The zero-order chi connectivity index (χ0) is 23.7. The van der Waals surface area contributed by atoms with Gasteiger partial charge in [-0.2, -0.15) is 0 Å². The zero-order valence-corrected chi connectivity index (χ0v) is 22.4. The average molecular weight is 514 g/mol. The van der Waals surface area contributed by atoms with Crippen LogP contribution in [0.3, 0.4) is 0 Å². The standard InChI is InChI=1S/C25H44ClN5O2S/c1-15-10-17(18-12-23(26)28-14-21(18)33-2)19(13-27-15)24(32)30-25-29-20-7-6-16(11-22(20)34-25)31-8-4-3-5-9-31/h15-23,25,27-29H,3-14H2,1-2H3,(H,30,32). The Kier molecular flexibility index (Phi) is 8.67. The Hall–Kier alpha value is -0.0900. The van der Waals surface area contributed by atoms with Crippen LogP contribution in [0.25, 0.3) is 0 Å². The monoisotopic (exact) mass is 513 g/mol. The van der Waals surface area contributed by atoms with E-state index >= 15 is 0 Å². The van der Waals surface area contributed by atoms with Gasteiger partial charge in [-0.3, -0.25) is 15.4 Å². The molecule has 1 saturated carbocycles. The molecular weight excluding hydrogens is 470 g/mol. The zero-order valence-electron chi connectivity index (χ0n) is 20.8. The quantitative estimate of drug-likeness (QED) is 0.332. The number of rotatable bonds is 5. The summed E-state index contributed by atoms with van der Waals surface area (Å²) in [5, 5.41) is 14.6. The largest absolute Gasteiger partial charge is 0.380 e. The molecule has 5 fully saturated rings. The predicted octanol–water partition coefficient (Wildman–Crippen LogP) is 2.30. The number of carbonyl (C=O) groups excluding carboxylic acids is 1. The van der Waals surface area contributed by atoms with Gasteiger partial charge in [0, 0.05) is 43.6 Å². The van der Waals surface area contributed by atoms with Gasteiger partial charge in [0.1, 0.15) is 5.50 Å². The summed E-state index contributed by atoms with van der Waals surface area (Å²) in [6.07, 6.45) is 9.80. The van der Waals surface area contributed by atoms with Gasteiger partial charge in [-0.15, -0.1) is 23.4 Å². The van der Waals surface area contributed by atoms with Crippen molar-refractivity contribution < 1.29 is 9.53 Å². The average Bonchev–Trinajstić information content (AvgIpc) is 3.25. The third-order valence-corrected chi connectivity index (χ3v) is 10.9. The van der Waals surface area contributed by atoms with Gasteiger partial charge >= 0.3 is 0 Å². The molecule has 0 aromatic heterocycles. The molecule has 5 aliphatic rings. The molecule has 0 radical (unpaired) electrons. The molecule has 5 rings (SSSR count). The van der Waals surface area contributed by atoms with Gasteiger partial charge in [-0.05, 0) is 76.8 Å². The van der Waals surface area contributed by atoms with Gasteiger partial charge in [0.15, 0.2) is 0 Å². The fourth-order valence-electron chi connectivity index (χ4n) is 7.26. The van der Waals surface area contributed by atoms with Gasteiger partial charge in [0.2, 0.25) is 5.91 Å². The minimum atomic E-state index is -0.0491. The summed E-state index contributed by atoms with van der Waals surface area (Å²) < 4.78 is 5.83. The Morgan fingerprint density at radius 1 is 1.06 bits per heavy atom. The van der Waals surface area contributed by atoms with Crippen molar-refractivity contribution in [1.82, 2.24) is 26.2 Å². The third-order valence-electron chi connectivity index (χ3n) is 9.14. The highest BCUT2D eigenvalue weighted by Crippen LogP contribution is 2.40. The van der Waals surface area contributed by atoms with Crippen molar-refractivity contribution in [3.05, 3.63) is 0 Å². The molecule has 4 N–H and O–H groups in total. The number of hydrogen-bond donors (Lipinski definition) is 4. The van der Waals surface area contributed by atoms with Crippen LogP contribution in [0, 0.1) is 17.8 Å². The van der Waals surface area contributed by atoms with E-state index in [4.69, 9.17) is 16.3 Å². The summed E-state index contributed by atoms with van der Waals surface area (Å²) in [5.41, 5.74) is -0.0250.